The highest BCUT2D eigenvalue weighted by atomic mass is 16.5. The second-order valence-electron chi connectivity index (χ2n) is 5.09. The zero-order valence-corrected chi connectivity index (χ0v) is 12.3. The Bertz CT molecular complexity index is 611. The lowest BCUT2D eigenvalue weighted by atomic mass is 10.0. The van der Waals surface area contributed by atoms with E-state index in [1.165, 1.54) is 0 Å². The number of carbonyl (C=O) groups excluding carboxylic acids is 2. The lowest BCUT2D eigenvalue weighted by molar-refractivity contribution is -0.147. The molecule has 2 rings (SSSR count). The number of hydrogen-bond donors (Lipinski definition) is 1. The molecule has 0 aliphatic rings. The maximum atomic E-state index is 11.9. The Labute approximate surface area is 129 Å². The predicted octanol–water partition coefficient (Wildman–Crippen LogP) is 2.26. The zero-order chi connectivity index (χ0) is 15.8. The third-order valence-corrected chi connectivity index (χ3v) is 3.27. The van der Waals surface area contributed by atoms with Gasteiger partial charge in [-0.15, -0.1) is 0 Å². The molecule has 22 heavy (non-hydrogen) atoms. The minimum absolute atomic E-state index is 0.168. The summed E-state index contributed by atoms with van der Waals surface area (Å²) in [6, 6.07) is 18.1. The van der Waals surface area contributed by atoms with Gasteiger partial charge in [0.2, 0.25) is 0 Å². The molecule has 0 bridgehead atoms. The summed E-state index contributed by atoms with van der Waals surface area (Å²) in [6.07, 6.45) is 0.131. The topological polar surface area (TPSA) is 69.4 Å². The van der Waals surface area contributed by atoms with Crippen LogP contribution >= 0.6 is 0 Å². The summed E-state index contributed by atoms with van der Waals surface area (Å²) in [5, 5.41) is 0. The molecule has 0 saturated heterocycles. The van der Waals surface area contributed by atoms with Gasteiger partial charge in [0.1, 0.15) is 13.0 Å². The smallest absolute Gasteiger partial charge is 0.313 e. The molecule has 0 radical (unpaired) electrons. The summed E-state index contributed by atoms with van der Waals surface area (Å²) in [6.45, 7) is 0.168. The standard InChI is InChI=1S/C18H19NO3/c19-16(11-14-7-3-1-4-8-14)17(20)12-18(21)22-13-15-9-5-2-6-10-15/h1-10,16H,11-13,19H2/t16-/m1/s1. The first-order valence-corrected chi connectivity index (χ1v) is 7.17. The van der Waals surface area contributed by atoms with E-state index >= 15 is 0 Å². The van der Waals surface area contributed by atoms with Crippen molar-refractivity contribution in [3.63, 3.8) is 0 Å². The van der Waals surface area contributed by atoms with E-state index in [-0.39, 0.29) is 18.8 Å². The van der Waals surface area contributed by atoms with E-state index in [9.17, 15) is 9.59 Å². The van der Waals surface area contributed by atoms with E-state index in [1.54, 1.807) is 0 Å². The summed E-state index contributed by atoms with van der Waals surface area (Å²) < 4.78 is 5.08. The third-order valence-electron chi connectivity index (χ3n) is 3.27. The van der Waals surface area contributed by atoms with Crippen LogP contribution in [0.4, 0.5) is 0 Å². The summed E-state index contributed by atoms with van der Waals surface area (Å²) in [5.41, 5.74) is 7.71. The first-order valence-electron chi connectivity index (χ1n) is 7.17. The van der Waals surface area contributed by atoms with Crippen LogP contribution < -0.4 is 5.73 Å². The number of rotatable bonds is 7. The number of Topliss-reactive ketones (excluding diaryl/α,β-unsaturated/α-hetero) is 1. The van der Waals surface area contributed by atoms with Crippen molar-refractivity contribution in [1.82, 2.24) is 0 Å². The second-order valence-corrected chi connectivity index (χ2v) is 5.09. The van der Waals surface area contributed by atoms with Crippen LogP contribution in [0.2, 0.25) is 0 Å². The van der Waals surface area contributed by atoms with Crippen LogP contribution in [-0.4, -0.2) is 17.8 Å². The average Bonchev–Trinajstić information content (AvgIpc) is 2.55. The van der Waals surface area contributed by atoms with Crippen LogP contribution in [0, 0.1) is 0 Å². The highest BCUT2D eigenvalue weighted by molar-refractivity contribution is 5.98. The van der Waals surface area contributed by atoms with Crippen LogP contribution in [0.1, 0.15) is 17.5 Å². The van der Waals surface area contributed by atoms with Gasteiger partial charge in [-0.2, -0.15) is 0 Å². The first kappa shape index (κ1) is 15.9. The van der Waals surface area contributed by atoms with Crippen molar-refractivity contribution in [1.29, 1.82) is 0 Å². The minimum Gasteiger partial charge on any atom is -0.460 e. The highest BCUT2D eigenvalue weighted by Gasteiger charge is 2.18. The van der Waals surface area contributed by atoms with Gasteiger partial charge < -0.3 is 10.5 Å². The lowest BCUT2D eigenvalue weighted by Crippen LogP contribution is -2.34. The van der Waals surface area contributed by atoms with E-state index < -0.39 is 12.0 Å². The average molecular weight is 297 g/mol. The maximum Gasteiger partial charge on any atom is 0.313 e. The number of ketones is 1. The Morgan fingerprint density at radius 2 is 1.45 bits per heavy atom. The molecule has 0 aliphatic heterocycles. The Balaban J connectivity index is 1.77. The molecule has 0 heterocycles. The second kappa shape index (κ2) is 8.10. The zero-order valence-electron chi connectivity index (χ0n) is 12.3. The van der Waals surface area contributed by atoms with Crippen molar-refractivity contribution in [2.45, 2.75) is 25.5 Å². The van der Waals surface area contributed by atoms with E-state index in [2.05, 4.69) is 0 Å². The summed E-state index contributed by atoms with van der Waals surface area (Å²) in [7, 11) is 0. The molecule has 2 aromatic rings. The molecular weight excluding hydrogens is 278 g/mol. The number of esters is 1. The molecule has 0 aromatic heterocycles. The summed E-state index contributed by atoms with van der Waals surface area (Å²) in [5.74, 6) is -0.848. The Kier molecular flexibility index (Phi) is 5.86. The van der Waals surface area contributed by atoms with Gasteiger partial charge in [-0.05, 0) is 17.5 Å². The Hall–Kier alpha value is -2.46. The highest BCUT2D eigenvalue weighted by Crippen LogP contribution is 2.06. The van der Waals surface area contributed by atoms with Crippen LogP contribution in [0.5, 0.6) is 0 Å². The third kappa shape index (κ3) is 5.14. The minimum atomic E-state index is -0.688. The van der Waals surface area contributed by atoms with E-state index in [0.29, 0.717) is 6.42 Å². The quantitative estimate of drug-likeness (QED) is 0.628. The molecule has 0 amide bonds. The fourth-order valence-corrected chi connectivity index (χ4v) is 2.04. The normalized spacial score (nSPS) is 11.7. The van der Waals surface area contributed by atoms with Crippen molar-refractivity contribution in [3.8, 4) is 0 Å². The number of carbonyl (C=O) groups is 2. The lowest BCUT2D eigenvalue weighted by Gasteiger charge is -2.10. The largest absolute Gasteiger partial charge is 0.460 e. The van der Waals surface area contributed by atoms with Crippen LogP contribution in [0.15, 0.2) is 60.7 Å². The molecule has 0 spiro atoms. The first-order chi connectivity index (χ1) is 10.6. The van der Waals surface area contributed by atoms with E-state index in [4.69, 9.17) is 10.5 Å². The molecule has 0 fully saturated rings. The van der Waals surface area contributed by atoms with Crippen LogP contribution in [-0.2, 0) is 27.4 Å². The molecule has 2 N–H and O–H groups in total. The van der Waals surface area contributed by atoms with Gasteiger partial charge in [-0.1, -0.05) is 60.7 Å². The van der Waals surface area contributed by atoms with E-state index in [0.717, 1.165) is 11.1 Å². The Morgan fingerprint density at radius 1 is 0.909 bits per heavy atom. The van der Waals surface area contributed by atoms with Crippen molar-refractivity contribution in [2.75, 3.05) is 0 Å². The molecule has 1 atom stereocenters. The van der Waals surface area contributed by atoms with Gasteiger partial charge in [0.05, 0.1) is 6.04 Å². The van der Waals surface area contributed by atoms with Crippen molar-refractivity contribution < 1.29 is 14.3 Å². The fraction of sp³-hybridized carbons (Fsp3) is 0.222. The number of benzene rings is 2. The van der Waals surface area contributed by atoms with Crippen LogP contribution in [0.3, 0.4) is 0 Å². The van der Waals surface area contributed by atoms with Gasteiger partial charge in [0.25, 0.3) is 0 Å². The van der Waals surface area contributed by atoms with Gasteiger partial charge in [-0.3, -0.25) is 9.59 Å². The van der Waals surface area contributed by atoms with Gasteiger partial charge >= 0.3 is 5.97 Å². The maximum absolute atomic E-state index is 11.9. The van der Waals surface area contributed by atoms with Gasteiger partial charge in [0, 0.05) is 0 Å². The molecule has 4 nitrogen and oxygen atoms in total. The summed E-state index contributed by atoms with van der Waals surface area (Å²) in [4.78, 5) is 23.6. The molecule has 0 unspecified atom stereocenters. The number of hydrogen-bond acceptors (Lipinski definition) is 4. The van der Waals surface area contributed by atoms with Gasteiger partial charge in [-0.25, -0.2) is 0 Å². The molecule has 4 heteroatoms. The number of nitrogens with two attached hydrogens (primary N) is 1. The summed E-state index contributed by atoms with van der Waals surface area (Å²) >= 11 is 0. The molecule has 0 aliphatic carbocycles. The molecule has 114 valence electrons. The monoisotopic (exact) mass is 297 g/mol. The van der Waals surface area contributed by atoms with Crippen molar-refractivity contribution in [3.05, 3.63) is 71.8 Å². The SMILES string of the molecule is N[C@H](Cc1ccccc1)C(=O)CC(=O)OCc1ccccc1. The number of ether oxygens (including phenoxy) is 1. The fourth-order valence-electron chi connectivity index (χ4n) is 2.04. The van der Waals surface area contributed by atoms with Gasteiger partial charge in [0.15, 0.2) is 5.78 Å². The predicted molar refractivity (Wildman–Crippen MR) is 84.0 cm³/mol. The van der Waals surface area contributed by atoms with Crippen LogP contribution in [0.25, 0.3) is 0 Å². The van der Waals surface area contributed by atoms with Crippen molar-refractivity contribution in [2.24, 2.45) is 5.73 Å². The van der Waals surface area contributed by atoms with Crippen molar-refractivity contribution >= 4 is 11.8 Å². The Morgan fingerprint density at radius 3 is 2.05 bits per heavy atom. The molecule has 0 saturated carbocycles. The molecular formula is C18H19NO3. The van der Waals surface area contributed by atoms with E-state index in [1.807, 2.05) is 60.7 Å². The molecule has 2 aromatic carbocycles.